The summed E-state index contributed by atoms with van der Waals surface area (Å²) in [5.74, 6) is 0.0386. The van der Waals surface area contributed by atoms with E-state index in [9.17, 15) is 4.79 Å². The van der Waals surface area contributed by atoms with E-state index in [4.69, 9.17) is 5.73 Å². The first-order valence-electron chi connectivity index (χ1n) is 6.21. The Hall–Kier alpha value is -1.35. The fourth-order valence-corrected chi connectivity index (χ4v) is 1.96. The second-order valence-electron chi connectivity index (χ2n) is 4.43. The third-order valence-corrected chi connectivity index (χ3v) is 3.01. The molecule has 0 aliphatic heterocycles. The van der Waals surface area contributed by atoms with Gasteiger partial charge in [0.05, 0.1) is 0 Å². The lowest BCUT2D eigenvalue weighted by Crippen LogP contribution is -2.38. The molecular weight excluding hydrogens is 212 g/mol. The van der Waals surface area contributed by atoms with E-state index >= 15 is 0 Å². The van der Waals surface area contributed by atoms with E-state index in [1.54, 1.807) is 0 Å². The number of carbonyl (C=O) groups excluding carboxylic acids is 1. The minimum absolute atomic E-state index is 0.120. The van der Waals surface area contributed by atoms with Gasteiger partial charge in [0.25, 0.3) is 0 Å². The maximum absolute atomic E-state index is 11.1. The van der Waals surface area contributed by atoms with Gasteiger partial charge in [-0.3, -0.25) is 4.79 Å². The Labute approximate surface area is 103 Å². The van der Waals surface area contributed by atoms with Crippen LogP contribution in [0.15, 0.2) is 30.3 Å². The molecule has 1 aromatic rings. The zero-order chi connectivity index (χ0) is 12.7. The first-order chi connectivity index (χ1) is 8.15. The lowest BCUT2D eigenvalue weighted by atomic mass is 9.91. The zero-order valence-corrected chi connectivity index (χ0v) is 10.6. The number of benzene rings is 1. The van der Waals surface area contributed by atoms with Gasteiger partial charge < -0.3 is 11.1 Å². The normalized spacial score (nSPS) is 14.2. The fraction of sp³-hybridized carbons (Fsp3) is 0.500. The van der Waals surface area contributed by atoms with E-state index in [2.05, 4.69) is 31.3 Å². The van der Waals surface area contributed by atoms with Crippen molar-refractivity contribution in [2.75, 3.05) is 6.54 Å². The highest BCUT2D eigenvalue weighted by atomic mass is 16.1. The molecule has 2 atom stereocenters. The molecule has 0 saturated carbocycles. The second-order valence-corrected chi connectivity index (χ2v) is 4.43. The van der Waals surface area contributed by atoms with Gasteiger partial charge in [-0.05, 0) is 24.4 Å². The van der Waals surface area contributed by atoms with Crippen LogP contribution >= 0.6 is 0 Å². The van der Waals surface area contributed by atoms with E-state index in [-0.39, 0.29) is 17.9 Å². The van der Waals surface area contributed by atoms with Crippen LogP contribution in [0.25, 0.3) is 0 Å². The summed E-state index contributed by atoms with van der Waals surface area (Å²) in [6, 6.07) is 10.3. The molecule has 0 fully saturated rings. The van der Waals surface area contributed by atoms with E-state index in [1.165, 1.54) is 5.56 Å². The standard InChI is InChI=1S/C14H22N2O/c1-3-9-16-13(10-14(15)17)11(2)12-7-5-4-6-8-12/h4-8,11,13,16H,3,9-10H2,1-2H3,(H2,15,17). The molecule has 3 N–H and O–H groups in total. The van der Waals surface area contributed by atoms with Crippen LogP contribution in [-0.4, -0.2) is 18.5 Å². The van der Waals surface area contributed by atoms with Crippen molar-refractivity contribution in [1.29, 1.82) is 0 Å². The molecule has 0 aliphatic rings. The summed E-state index contributed by atoms with van der Waals surface area (Å²) < 4.78 is 0. The van der Waals surface area contributed by atoms with Gasteiger partial charge in [-0.1, -0.05) is 44.2 Å². The molecule has 0 aromatic heterocycles. The van der Waals surface area contributed by atoms with E-state index < -0.39 is 0 Å². The van der Waals surface area contributed by atoms with Crippen molar-refractivity contribution in [3.63, 3.8) is 0 Å². The fourth-order valence-electron chi connectivity index (χ4n) is 1.96. The highest BCUT2D eigenvalue weighted by Gasteiger charge is 2.19. The number of primary amides is 1. The zero-order valence-electron chi connectivity index (χ0n) is 10.6. The van der Waals surface area contributed by atoms with Crippen LogP contribution in [0.3, 0.4) is 0 Å². The van der Waals surface area contributed by atoms with Crippen LogP contribution in [-0.2, 0) is 4.79 Å². The first-order valence-corrected chi connectivity index (χ1v) is 6.21. The average molecular weight is 234 g/mol. The van der Waals surface area contributed by atoms with Crippen LogP contribution in [0.2, 0.25) is 0 Å². The smallest absolute Gasteiger partial charge is 0.219 e. The Kier molecular flexibility index (Phi) is 5.70. The summed E-state index contributed by atoms with van der Waals surface area (Å²) >= 11 is 0. The van der Waals surface area contributed by atoms with Crippen LogP contribution in [0.1, 0.15) is 38.2 Å². The van der Waals surface area contributed by atoms with Gasteiger partial charge in [0.15, 0.2) is 0 Å². The number of hydrogen-bond donors (Lipinski definition) is 2. The molecule has 1 rings (SSSR count). The molecule has 0 spiro atoms. The lowest BCUT2D eigenvalue weighted by Gasteiger charge is -2.24. The van der Waals surface area contributed by atoms with E-state index in [0.717, 1.165) is 13.0 Å². The molecule has 0 heterocycles. The number of nitrogens with one attached hydrogen (secondary N) is 1. The van der Waals surface area contributed by atoms with Gasteiger partial charge in [-0.2, -0.15) is 0 Å². The second kappa shape index (κ2) is 7.07. The molecule has 0 aliphatic carbocycles. The van der Waals surface area contributed by atoms with E-state index in [1.807, 2.05) is 18.2 Å². The third-order valence-electron chi connectivity index (χ3n) is 3.01. The van der Waals surface area contributed by atoms with Crippen molar-refractivity contribution >= 4 is 5.91 Å². The summed E-state index contributed by atoms with van der Waals surface area (Å²) in [5, 5.41) is 3.40. The average Bonchev–Trinajstić information content (AvgIpc) is 2.34. The molecule has 0 saturated heterocycles. The van der Waals surface area contributed by atoms with Crippen LogP contribution in [0.5, 0.6) is 0 Å². The Morgan fingerprint density at radius 1 is 1.35 bits per heavy atom. The topological polar surface area (TPSA) is 55.1 Å². The molecule has 1 amide bonds. The monoisotopic (exact) mass is 234 g/mol. The van der Waals surface area contributed by atoms with E-state index in [0.29, 0.717) is 6.42 Å². The summed E-state index contributed by atoms with van der Waals surface area (Å²) in [4.78, 5) is 11.1. The molecule has 2 unspecified atom stereocenters. The first kappa shape index (κ1) is 13.7. The Morgan fingerprint density at radius 3 is 2.53 bits per heavy atom. The highest BCUT2D eigenvalue weighted by molar-refractivity contribution is 5.74. The quantitative estimate of drug-likeness (QED) is 0.758. The minimum atomic E-state index is -0.249. The van der Waals surface area contributed by atoms with Gasteiger partial charge in [0, 0.05) is 12.5 Å². The van der Waals surface area contributed by atoms with Gasteiger partial charge in [-0.15, -0.1) is 0 Å². The number of nitrogens with two attached hydrogens (primary N) is 1. The largest absolute Gasteiger partial charge is 0.370 e. The minimum Gasteiger partial charge on any atom is -0.370 e. The van der Waals surface area contributed by atoms with Crippen molar-refractivity contribution in [2.24, 2.45) is 5.73 Å². The molecule has 0 bridgehead atoms. The number of carbonyl (C=O) groups is 1. The highest BCUT2D eigenvalue weighted by Crippen LogP contribution is 2.20. The molecule has 3 nitrogen and oxygen atoms in total. The summed E-state index contributed by atoms with van der Waals surface area (Å²) in [6.45, 7) is 5.15. The number of hydrogen-bond acceptors (Lipinski definition) is 2. The summed E-state index contributed by atoms with van der Waals surface area (Å²) in [6.07, 6.45) is 1.44. The van der Waals surface area contributed by atoms with Crippen LogP contribution < -0.4 is 11.1 Å². The Bertz CT molecular complexity index is 337. The summed E-state index contributed by atoms with van der Waals surface area (Å²) in [5.41, 5.74) is 6.54. The van der Waals surface area contributed by atoms with Crippen molar-refractivity contribution in [3.8, 4) is 0 Å². The van der Waals surface area contributed by atoms with Crippen LogP contribution in [0.4, 0.5) is 0 Å². The predicted molar refractivity (Wildman–Crippen MR) is 70.8 cm³/mol. The van der Waals surface area contributed by atoms with Crippen molar-refractivity contribution in [3.05, 3.63) is 35.9 Å². The Balaban J connectivity index is 2.71. The molecule has 94 valence electrons. The van der Waals surface area contributed by atoms with Crippen molar-refractivity contribution in [1.82, 2.24) is 5.32 Å². The Morgan fingerprint density at radius 2 is 2.00 bits per heavy atom. The number of amides is 1. The van der Waals surface area contributed by atoms with Crippen molar-refractivity contribution in [2.45, 2.75) is 38.6 Å². The molecule has 0 radical (unpaired) electrons. The molecular formula is C14H22N2O. The van der Waals surface area contributed by atoms with Gasteiger partial charge in [0.1, 0.15) is 0 Å². The molecule has 17 heavy (non-hydrogen) atoms. The summed E-state index contributed by atoms with van der Waals surface area (Å²) in [7, 11) is 0. The van der Waals surface area contributed by atoms with Gasteiger partial charge in [0.2, 0.25) is 5.91 Å². The number of rotatable bonds is 7. The van der Waals surface area contributed by atoms with Crippen molar-refractivity contribution < 1.29 is 4.79 Å². The maximum atomic E-state index is 11.1. The predicted octanol–water partition coefficient (Wildman–Crippen LogP) is 2.03. The lowest BCUT2D eigenvalue weighted by molar-refractivity contribution is -0.118. The maximum Gasteiger partial charge on any atom is 0.219 e. The SMILES string of the molecule is CCCNC(CC(N)=O)C(C)c1ccccc1. The molecule has 3 heteroatoms. The van der Waals surface area contributed by atoms with Gasteiger partial charge in [-0.25, -0.2) is 0 Å². The third kappa shape index (κ3) is 4.57. The van der Waals surface area contributed by atoms with Crippen LogP contribution in [0, 0.1) is 0 Å². The molecule has 1 aromatic carbocycles. The van der Waals surface area contributed by atoms with Gasteiger partial charge >= 0.3 is 0 Å².